The average molecular weight is 1790 g/mol. The van der Waals surface area contributed by atoms with Crippen LogP contribution in [0.4, 0.5) is 68.2 Å². The fraction of sp³-hybridized carbons (Fsp3) is 0.0597. The zero-order valence-electron chi connectivity index (χ0n) is 78.1. The van der Waals surface area contributed by atoms with Crippen LogP contribution in [0, 0.1) is 0 Å². The maximum absolute atomic E-state index is 6.60. The van der Waals surface area contributed by atoms with Gasteiger partial charge in [0.25, 0.3) is 0 Å². The minimum absolute atomic E-state index is 0.164. The summed E-state index contributed by atoms with van der Waals surface area (Å²) in [6, 6.07) is 187. The number of para-hydroxylation sites is 6. The summed E-state index contributed by atoms with van der Waals surface area (Å²) in [5.74, 6) is 0. The van der Waals surface area contributed by atoms with Gasteiger partial charge in [0.1, 0.15) is 22.3 Å². The first-order valence-electron chi connectivity index (χ1n) is 48.6. The van der Waals surface area contributed by atoms with Gasteiger partial charge in [0, 0.05) is 67.1 Å². The standard InChI is InChI=1S/C70H50N2O.C64H46N2O/c1-69(2)61-35-13-9-31-56(61)59-42-41-55(46-64(59)69)72(65-38-20-40-67-68(65)60-34-12-16-39-66(60)73-67)53-29-18-22-48(44-53)47-21-17-28-52(43-47)71(51-26-7-4-8-27-51)54-30-19-25-50(45-54)70(49-23-5-3-6-24-49)62-36-14-10-32-57(62)58-33-11-15-37-63(58)70;1-63(2)53-31-13-9-27-48(53)51-40-39-47(42-56(51)63)66(59-36-20-38-61-62(59)52-30-12-18-37-60(52)67-61)58-35-17-16-34-57(58)65(45-24-7-4-8-25-45)46-26-19-23-44(41-46)64(43-21-5-3-6-22-43)54-32-14-10-28-49(54)50-29-11-15-33-55(50)64/h3-46H,1-2H3;3-42H,1-2H3. The molecule has 0 radical (unpaired) electrons. The molecule has 0 unspecified atom stereocenters. The fourth-order valence-corrected chi connectivity index (χ4v) is 24.1. The van der Waals surface area contributed by atoms with E-state index in [1.54, 1.807) is 0 Å². The van der Waals surface area contributed by atoms with Gasteiger partial charge in [-0.3, -0.25) is 0 Å². The quantitative estimate of drug-likeness (QED) is 0.0905. The van der Waals surface area contributed by atoms with Gasteiger partial charge in [-0.2, -0.15) is 0 Å². The van der Waals surface area contributed by atoms with Gasteiger partial charge in [-0.15, -0.1) is 0 Å². The molecule has 2 heterocycles. The minimum Gasteiger partial charge on any atom is -0.456 e. The summed E-state index contributed by atoms with van der Waals surface area (Å²) in [6.45, 7) is 9.43. The minimum atomic E-state index is -0.550. The van der Waals surface area contributed by atoms with Crippen molar-refractivity contribution >= 4 is 112 Å². The first-order chi connectivity index (χ1) is 69.0. The molecule has 2 aromatic heterocycles. The molecule has 0 atom stereocenters. The molecular formula is C134H96N4O2. The van der Waals surface area contributed by atoms with Crippen LogP contribution in [0.3, 0.4) is 0 Å². The van der Waals surface area contributed by atoms with E-state index < -0.39 is 10.8 Å². The predicted octanol–water partition coefficient (Wildman–Crippen LogP) is 36.1. The van der Waals surface area contributed by atoms with E-state index in [0.29, 0.717) is 0 Å². The molecule has 140 heavy (non-hydrogen) atoms. The van der Waals surface area contributed by atoms with Crippen LogP contribution < -0.4 is 19.6 Å². The summed E-state index contributed by atoms with van der Waals surface area (Å²) in [6.07, 6.45) is 0. The predicted molar refractivity (Wildman–Crippen MR) is 581 cm³/mol. The van der Waals surface area contributed by atoms with Gasteiger partial charge in [0.2, 0.25) is 0 Å². The molecule has 21 aromatic carbocycles. The van der Waals surface area contributed by atoms with Crippen molar-refractivity contribution in [2.75, 3.05) is 19.6 Å². The summed E-state index contributed by atoms with van der Waals surface area (Å²) in [7, 11) is 0. The third kappa shape index (κ3) is 13.0. The van der Waals surface area contributed by atoms with Crippen molar-refractivity contribution < 1.29 is 8.83 Å². The lowest BCUT2D eigenvalue weighted by Crippen LogP contribution is -2.29. The maximum atomic E-state index is 6.60. The maximum Gasteiger partial charge on any atom is 0.137 e. The molecule has 0 fully saturated rings. The van der Waals surface area contributed by atoms with E-state index in [4.69, 9.17) is 8.83 Å². The molecule has 23 aromatic rings. The molecule has 664 valence electrons. The van der Waals surface area contributed by atoms with Crippen LogP contribution in [0.1, 0.15) is 94.5 Å². The topological polar surface area (TPSA) is 39.2 Å². The monoisotopic (exact) mass is 1790 g/mol. The van der Waals surface area contributed by atoms with E-state index in [1.807, 2.05) is 12.1 Å². The van der Waals surface area contributed by atoms with Crippen molar-refractivity contribution in [2.45, 2.75) is 49.4 Å². The number of hydrogen-bond donors (Lipinski definition) is 0. The highest BCUT2D eigenvalue weighted by Gasteiger charge is 2.49. The Bertz CT molecular complexity index is 8720. The molecule has 0 bridgehead atoms. The second kappa shape index (κ2) is 33.2. The summed E-state index contributed by atoms with van der Waals surface area (Å²) >= 11 is 0. The SMILES string of the molecule is CC1(C)c2ccccc2-c2ccc(N(c3cccc(-c4cccc(N(c5ccccc5)c5cccc(C6(c7ccccc7)c7ccccc7-c7ccccc76)c5)c4)c3)c3cccc4oc5ccccc5c34)cc21.CC1(C)c2ccccc2-c2ccc(N(c3ccccc3N(c3ccccc3)c3cccc(C4(c5ccccc5)c5ccccc5-c5ccccc54)c3)c3cccc4oc5ccccc5c34)cc21. The Morgan fingerprint density at radius 2 is 0.429 bits per heavy atom. The number of benzene rings is 21. The third-order valence-electron chi connectivity index (χ3n) is 30.2. The highest BCUT2D eigenvalue weighted by atomic mass is 16.3. The van der Waals surface area contributed by atoms with Crippen molar-refractivity contribution in [1.29, 1.82) is 0 Å². The largest absolute Gasteiger partial charge is 0.456 e. The Morgan fingerprint density at radius 3 is 0.864 bits per heavy atom. The van der Waals surface area contributed by atoms with Crippen molar-refractivity contribution in [2.24, 2.45) is 0 Å². The first kappa shape index (κ1) is 83.0. The van der Waals surface area contributed by atoms with Crippen LogP contribution in [0.15, 0.2) is 518 Å². The van der Waals surface area contributed by atoms with Gasteiger partial charge < -0.3 is 28.4 Å². The fourth-order valence-electron chi connectivity index (χ4n) is 24.1. The first-order valence-corrected chi connectivity index (χ1v) is 48.6. The van der Waals surface area contributed by atoms with Gasteiger partial charge in [0.15, 0.2) is 0 Å². The van der Waals surface area contributed by atoms with Gasteiger partial charge in [-0.25, -0.2) is 0 Å². The van der Waals surface area contributed by atoms with Crippen LogP contribution in [0.25, 0.3) is 99.5 Å². The van der Waals surface area contributed by atoms with Gasteiger partial charge in [-0.05, 0) is 268 Å². The van der Waals surface area contributed by atoms with Crippen LogP contribution in [-0.2, 0) is 21.7 Å². The number of furan rings is 2. The van der Waals surface area contributed by atoms with Crippen molar-refractivity contribution in [3.05, 3.63) is 576 Å². The van der Waals surface area contributed by atoms with E-state index in [-0.39, 0.29) is 10.8 Å². The van der Waals surface area contributed by atoms with E-state index in [0.717, 1.165) is 123 Å². The molecule has 4 aliphatic rings. The van der Waals surface area contributed by atoms with E-state index in [2.05, 4.69) is 545 Å². The second-order valence-corrected chi connectivity index (χ2v) is 38.4. The van der Waals surface area contributed by atoms with Crippen LogP contribution in [0.5, 0.6) is 0 Å². The van der Waals surface area contributed by atoms with Gasteiger partial charge >= 0.3 is 0 Å². The molecule has 0 aliphatic heterocycles. The highest BCUT2D eigenvalue weighted by molar-refractivity contribution is 6.16. The number of nitrogens with zero attached hydrogens (tertiary/aromatic N) is 4. The number of hydrogen-bond acceptors (Lipinski definition) is 6. The summed E-state index contributed by atoms with van der Waals surface area (Å²) < 4.78 is 13.1. The lowest BCUT2D eigenvalue weighted by atomic mass is 9.67. The molecule has 6 nitrogen and oxygen atoms in total. The molecule has 27 rings (SSSR count). The van der Waals surface area contributed by atoms with Gasteiger partial charge in [-0.1, -0.05) is 392 Å². The normalized spacial score (nSPS) is 13.7. The lowest BCUT2D eigenvalue weighted by molar-refractivity contribution is 0.660. The van der Waals surface area contributed by atoms with Crippen molar-refractivity contribution in [1.82, 2.24) is 0 Å². The Labute approximate surface area is 816 Å². The molecule has 6 heteroatoms. The molecular weight excluding hydrogens is 1700 g/mol. The zero-order chi connectivity index (χ0) is 93.4. The second-order valence-electron chi connectivity index (χ2n) is 38.4. The summed E-state index contributed by atoms with van der Waals surface area (Å²) in [4.78, 5) is 9.75. The van der Waals surface area contributed by atoms with Crippen LogP contribution in [-0.4, -0.2) is 0 Å². The van der Waals surface area contributed by atoms with E-state index >= 15 is 0 Å². The molecule has 0 amide bonds. The van der Waals surface area contributed by atoms with Crippen LogP contribution >= 0.6 is 0 Å². The average Bonchev–Trinajstić information content (AvgIpc) is 1.54. The Morgan fingerprint density at radius 1 is 0.164 bits per heavy atom. The van der Waals surface area contributed by atoms with E-state index in [1.165, 1.54) is 111 Å². The third-order valence-corrected chi connectivity index (χ3v) is 30.2. The Kier molecular flexibility index (Phi) is 19.7. The molecule has 0 spiro atoms. The molecule has 0 saturated heterocycles. The van der Waals surface area contributed by atoms with Crippen molar-refractivity contribution in [3.8, 4) is 55.6 Å². The summed E-state index contributed by atoms with van der Waals surface area (Å²) in [5, 5.41) is 4.35. The lowest BCUT2D eigenvalue weighted by Gasteiger charge is -2.36. The number of fused-ring (bicyclic) bond motifs is 18. The van der Waals surface area contributed by atoms with Gasteiger partial charge in [0.05, 0.1) is 44.4 Å². The van der Waals surface area contributed by atoms with Crippen LogP contribution in [0.2, 0.25) is 0 Å². The van der Waals surface area contributed by atoms with Crippen molar-refractivity contribution in [3.63, 3.8) is 0 Å². The molecule has 0 N–H and O–H groups in total. The number of anilines is 12. The Balaban J connectivity index is 0.000000145. The summed E-state index contributed by atoms with van der Waals surface area (Å²) in [5.41, 5.74) is 42.8. The zero-order valence-corrected chi connectivity index (χ0v) is 78.1. The highest BCUT2D eigenvalue weighted by Crippen LogP contribution is 2.62. The number of rotatable bonds is 17. The molecule has 0 saturated carbocycles. The van der Waals surface area contributed by atoms with E-state index in [9.17, 15) is 0 Å². The molecule has 4 aliphatic carbocycles. The smallest absolute Gasteiger partial charge is 0.137 e. The Hall–Kier alpha value is -17.6.